The van der Waals surface area contributed by atoms with Crippen LogP contribution in [0.3, 0.4) is 0 Å². The minimum Gasteiger partial charge on any atom is -0.454 e. The normalized spacial score (nSPS) is 10.8. The molecule has 2 aromatic heterocycles. The number of rotatable bonds is 8. The Labute approximate surface area is 178 Å². The molecule has 3 aromatic rings. The van der Waals surface area contributed by atoms with Crippen molar-refractivity contribution in [3.8, 4) is 0 Å². The van der Waals surface area contributed by atoms with Crippen molar-refractivity contribution in [3.05, 3.63) is 69.9 Å². The predicted octanol–water partition coefficient (Wildman–Crippen LogP) is 3.16. The van der Waals surface area contributed by atoms with Crippen molar-refractivity contribution in [2.24, 2.45) is 0 Å². The number of nitrogens with zero attached hydrogens (tertiary/aromatic N) is 2. The number of hydrogen-bond donors (Lipinski definition) is 3. The van der Waals surface area contributed by atoms with Gasteiger partial charge in [-0.2, -0.15) is 5.10 Å². The lowest BCUT2D eigenvalue weighted by atomic mass is 10.1. The molecular weight excluding hydrogens is 408 g/mol. The molecule has 0 aliphatic heterocycles. The number of hydrogen-bond acceptors (Lipinski definition) is 5. The predicted molar refractivity (Wildman–Crippen MR) is 113 cm³/mol. The van der Waals surface area contributed by atoms with Gasteiger partial charge in [-0.05, 0) is 56.7 Å². The highest BCUT2D eigenvalue weighted by Gasteiger charge is 2.17. The van der Waals surface area contributed by atoms with Crippen LogP contribution in [0, 0.1) is 13.8 Å². The Morgan fingerprint density at radius 3 is 2.67 bits per heavy atom. The van der Waals surface area contributed by atoms with Crippen LogP contribution in [0.1, 0.15) is 44.5 Å². The summed E-state index contributed by atoms with van der Waals surface area (Å²) in [6, 6.07) is 9.87. The Kier molecular flexibility index (Phi) is 6.91. The van der Waals surface area contributed by atoms with E-state index in [1.807, 2.05) is 19.9 Å². The maximum absolute atomic E-state index is 12.6. The Morgan fingerprint density at radius 2 is 1.97 bits per heavy atom. The first-order chi connectivity index (χ1) is 14.4. The molecule has 3 rings (SSSR count). The molecule has 0 radical (unpaired) electrons. The molecule has 0 fully saturated rings. The molecule has 0 atom stereocenters. The molecule has 0 saturated heterocycles. The Bertz CT molecular complexity index is 1060. The fourth-order valence-corrected chi connectivity index (χ4v) is 3.11. The molecule has 30 heavy (non-hydrogen) atoms. The van der Waals surface area contributed by atoms with Gasteiger partial charge in [-0.25, -0.2) is 0 Å². The van der Waals surface area contributed by atoms with E-state index in [1.165, 1.54) is 6.07 Å². The van der Waals surface area contributed by atoms with Gasteiger partial charge in [-0.1, -0.05) is 11.6 Å². The Hall–Kier alpha value is -3.10. The summed E-state index contributed by atoms with van der Waals surface area (Å²) in [5, 5.41) is 19.0. The van der Waals surface area contributed by atoms with Gasteiger partial charge >= 0.3 is 0 Å². The number of carbonyl (C=O) groups excluding carboxylic acids is 2. The number of aryl methyl sites for hydroxylation is 2. The average Bonchev–Trinajstić information content (AvgIpc) is 3.29. The highest BCUT2D eigenvalue weighted by atomic mass is 35.5. The zero-order chi connectivity index (χ0) is 21.7. The number of aliphatic hydroxyl groups excluding tert-OH is 1. The third-order valence-electron chi connectivity index (χ3n) is 4.39. The number of furan rings is 1. The van der Waals surface area contributed by atoms with Crippen molar-refractivity contribution in [3.63, 3.8) is 0 Å². The van der Waals surface area contributed by atoms with E-state index >= 15 is 0 Å². The van der Waals surface area contributed by atoms with E-state index in [0.29, 0.717) is 36.0 Å². The Morgan fingerprint density at radius 1 is 1.17 bits per heavy atom. The maximum Gasteiger partial charge on any atom is 0.291 e. The first-order valence-electron chi connectivity index (χ1n) is 9.47. The second-order valence-corrected chi connectivity index (χ2v) is 7.26. The summed E-state index contributed by atoms with van der Waals surface area (Å²) in [6.45, 7) is 4.55. The SMILES string of the molecule is Cc1cc(C)n(Cc2ccc(C(=O)Nc3ccc(Cl)cc3C(=O)NCCCO)o2)n1. The number of nitrogens with one attached hydrogen (secondary N) is 2. The summed E-state index contributed by atoms with van der Waals surface area (Å²) in [5.74, 6) is -0.176. The van der Waals surface area contributed by atoms with E-state index in [-0.39, 0.29) is 17.9 Å². The summed E-state index contributed by atoms with van der Waals surface area (Å²) in [4.78, 5) is 25.1. The molecule has 2 amide bonds. The molecule has 9 heteroatoms. The smallest absolute Gasteiger partial charge is 0.291 e. The molecule has 8 nitrogen and oxygen atoms in total. The molecular formula is C21H23ClN4O4. The number of anilines is 1. The third kappa shape index (κ3) is 5.28. The van der Waals surface area contributed by atoms with E-state index < -0.39 is 11.8 Å². The topological polar surface area (TPSA) is 109 Å². The van der Waals surface area contributed by atoms with Gasteiger partial charge in [0.05, 0.1) is 23.5 Å². The molecule has 3 N–H and O–H groups in total. The first-order valence-corrected chi connectivity index (χ1v) is 9.85. The van der Waals surface area contributed by atoms with Crippen molar-refractivity contribution in [2.45, 2.75) is 26.8 Å². The number of carbonyl (C=O) groups is 2. The second kappa shape index (κ2) is 9.60. The van der Waals surface area contributed by atoms with E-state index in [0.717, 1.165) is 11.4 Å². The van der Waals surface area contributed by atoms with Crippen LogP contribution < -0.4 is 10.6 Å². The van der Waals surface area contributed by atoms with Gasteiger partial charge in [0.2, 0.25) is 0 Å². The molecule has 0 bridgehead atoms. The zero-order valence-electron chi connectivity index (χ0n) is 16.7. The quantitative estimate of drug-likeness (QED) is 0.475. The summed E-state index contributed by atoms with van der Waals surface area (Å²) in [7, 11) is 0. The lowest BCUT2D eigenvalue weighted by Gasteiger charge is -2.11. The fraction of sp³-hybridized carbons (Fsp3) is 0.286. The zero-order valence-corrected chi connectivity index (χ0v) is 17.5. The lowest BCUT2D eigenvalue weighted by Crippen LogP contribution is -2.26. The van der Waals surface area contributed by atoms with Crippen LogP contribution in [0.15, 0.2) is 40.8 Å². The van der Waals surface area contributed by atoms with Crippen LogP contribution in [0.2, 0.25) is 5.02 Å². The van der Waals surface area contributed by atoms with Crippen LogP contribution >= 0.6 is 11.6 Å². The summed E-state index contributed by atoms with van der Waals surface area (Å²) >= 11 is 6.01. The number of halogens is 1. The standard InChI is InChI=1S/C21H23ClN4O4/c1-13-10-14(2)26(25-13)12-16-5-7-19(30-16)21(29)24-18-6-4-15(22)11-17(18)20(28)23-8-3-9-27/h4-7,10-11,27H,3,8-9,12H2,1-2H3,(H,23,28)(H,24,29). The van der Waals surface area contributed by atoms with E-state index in [1.54, 1.807) is 28.9 Å². The number of benzene rings is 1. The van der Waals surface area contributed by atoms with Gasteiger partial charge in [0.25, 0.3) is 11.8 Å². The molecule has 0 aliphatic rings. The van der Waals surface area contributed by atoms with Gasteiger partial charge in [-0.3, -0.25) is 14.3 Å². The molecule has 2 heterocycles. The number of aliphatic hydroxyl groups is 1. The lowest BCUT2D eigenvalue weighted by molar-refractivity contribution is 0.0952. The summed E-state index contributed by atoms with van der Waals surface area (Å²) < 4.78 is 7.46. The van der Waals surface area contributed by atoms with Gasteiger partial charge in [-0.15, -0.1) is 0 Å². The van der Waals surface area contributed by atoms with E-state index in [4.69, 9.17) is 21.1 Å². The van der Waals surface area contributed by atoms with Crippen LogP contribution in [0.4, 0.5) is 5.69 Å². The molecule has 158 valence electrons. The number of amides is 2. The average molecular weight is 431 g/mol. The number of aromatic nitrogens is 2. The highest BCUT2D eigenvalue weighted by molar-refractivity contribution is 6.31. The van der Waals surface area contributed by atoms with Crippen molar-refractivity contribution in [2.75, 3.05) is 18.5 Å². The summed E-state index contributed by atoms with van der Waals surface area (Å²) in [6.07, 6.45) is 0.429. The molecule has 0 aliphatic carbocycles. The van der Waals surface area contributed by atoms with E-state index in [9.17, 15) is 9.59 Å². The minimum absolute atomic E-state index is 0.0299. The van der Waals surface area contributed by atoms with Gasteiger partial charge in [0.15, 0.2) is 5.76 Å². The van der Waals surface area contributed by atoms with Crippen LogP contribution in [-0.4, -0.2) is 39.9 Å². The van der Waals surface area contributed by atoms with Crippen molar-refractivity contribution in [1.82, 2.24) is 15.1 Å². The van der Waals surface area contributed by atoms with Crippen LogP contribution in [0.5, 0.6) is 0 Å². The largest absolute Gasteiger partial charge is 0.454 e. The summed E-state index contributed by atoms with van der Waals surface area (Å²) in [5.41, 5.74) is 2.43. The minimum atomic E-state index is -0.485. The first kappa shape index (κ1) is 21.6. The van der Waals surface area contributed by atoms with Gasteiger partial charge in [0, 0.05) is 23.9 Å². The van der Waals surface area contributed by atoms with Crippen LogP contribution in [0.25, 0.3) is 0 Å². The molecule has 0 saturated carbocycles. The maximum atomic E-state index is 12.6. The van der Waals surface area contributed by atoms with Crippen LogP contribution in [-0.2, 0) is 6.54 Å². The molecule has 1 aromatic carbocycles. The second-order valence-electron chi connectivity index (χ2n) is 6.83. The molecule has 0 unspecified atom stereocenters. The Balaban J connectivity index is 1.72. The molecule has 0 spiro atoms. The van der Waals surface area contributed by atoms with E-state index in [2.05, 4.69) is 15.7 Å². The van der Waals surface area contributed by atoms with Crippen molar-refractivity contribution in [1.29, 1.82) is 0 Å². The van der Waals surface area contributed by atoms with Gasteiger partial charge < -0.3 is 20.2 Å². The van der Waals surface area contributed by atoms with Crippen molar-refractivity contribution < 1.29 is 19.1 Å². The third-order valence-corrected chi connectivity index (χ3v) is 4.62. The van der Waals surface area contributed by atoms with Gasteiger partial charge in [0.1, 0.15) is 5.76 Å². The monoisotopic (exact) mass is 430 g/mol. The fourth-order valence-electron chi connectivity index (χ4n) is 2.94. The van der Waals surface area contributed by atoms with Crippen molar-refractivity contribution >= 4 is 29.1 Å². The highest BCUT2D eigenvalue weighted by Crippen LogP contribution is 2.22.